The van der Waals surface area contributed by atoms with Crippen LogP contribution in [0, 0.1) is 0 Å². The second-order valence-corrected chi connectivity index (χ2v) is 6.84. The SMILES string of the molecule is OC1CCN(Cc2cn3ccsc3n2)C2(CCC2)C1. The number of hydrogen-bond acceptors (Lipinski definition) is 4. The van der Waals surface area contributed by atoms with Gasteiger partial charge in [0.15, 0.2) is 4.96 Å². The Morgan fingerprint density at radius 1 is 1.47 bits per heavy atom. The number of piperidine rings is 1. The number of aliphatic hydroxyl groups excluding tert-OH is 1. The molecule has 0 aromatic carbocycles. The molecule has 1 saturated carbocycles. The average Bonchev–Trinajstić information content (AvgIpc) is 2.90. The van der Waals surface area contributed by atoms with Crippen molar-refractivity contribution >= 4 is 16.3 Å². The van der Waals surface area contributed by atoms with E-state index in [1.165, 1.54) is 19.3 Å². The summed E-state index contributed by atoms with van der Waals surface area (Å²) in [5.41, 5.74) is 1.43. The maximum absolute atomic E-state index is 9.93. The van der Waals surface area contributed by atoms with Crippen LogP contribution in [0.3, 0.4) is 0 Å². The van der Waals surface area contributed by atoms with Crippen molar-refractivity contribution in [1.29, 1.82) is 0 Å². The number of hydrogen-bond donors (Lipinski definition) is 1. The lowest BCUT2D eigenvalue weighted by Gasteiger charge is -2.54. The third kappa shape index (κ3) is 1.91. The fourth-order valence-electron chi connectivity index (χ4n) is 3.61. The molecule has 4 nitrogen and oxygen atoms in total. The molecule has 2 aliphatic rings. The molecule has 2 aromatic rings. The van der Waals surface area contributed by atoms with Crippen molar-refractivity contribution in [3.63, 3.8) is 0 Å². The number of thiazole rings is 1. The topological polar surface area (TPSA) is 40.8 Å². The van der Waals surface area contributed by atoms with Crippen LogP contribution in [-0.2, 0) is 6.54 Å². The molecule has 1 N–H and O–H groups in total. The number of aromatic nitrogens is 2. The summed E-state index contributed by atoms with van der Waals surface area (Å²) in [5, 5.41) is 12.0. The number of fused-ring (bicyclic) bond motifs is 1. The Morgan fingerprint density at radius 2 is 2.37 bits per heavy atom. The predicted octanol–water partition coefficient (Wildman–Crippen LogP) is 2.28. The molecule has 1 unspecified atom stereocenters. The van der Waals surface area contributed by atoms with Crippen molar-refractivity contribution < 1.29 is 5.11 Å². The molecule has 1 aliphatic carbocycles. The molecule has 5 heteroatoms. The van der Waals surface area contributed by atoms with Gasteiger partial charge in [-0.15, -0.1) is 11.3 Å². The molecule has 1 atom stereocenters. The molecular formula is C14H19N3OS. The monoisotopic (exact) mass is 277 g/mol. The largest absolute Gasteiger partial charge is 0.393 e. The number of rotatable bonds is 2. The minimum absolute atomic E-state index is 0.0953. The van der Waals surface area contributed by atoms with E-state index in [-0.39, 0.29) is 11.6 Å². The van der Waals surface area contributed by atoms with Crippen molar-refractivity contribution in [2.24, 2.45) is 0 Å². The number of aliphatic hydroxyl groups is 1. The van der Waals surface area contributed by atoms with Gasteiger partial charge in [0.1, 0.15) is 0 Å². The normalized spacial score (nSPS) is 26.9. The first-order chi connectivity index (χ1) is 9.25. The van der Waals surface area contributed by atoms with Crippen LogP contribution in [-0.4, -0.2) is 37.6 Å². The smallest absolute Gasteiger partial charge is 0.193 e. The molecule has 0 amide bonds. The first kappa shape index (κ1) is 11.9. The van der Waals surface area contributed by atoms with Gasteiger partial charge < -0.3 is 5.11 Å². The fraction of sp³-hybridized carbons (Fsp3) is 0.643. The fourth-order valence-corrected chi connectivity index (χ4v) is 4.33. The van der Waals surface area contributed by atoms with Gasteiger partial charge in [-0.25, -0.2) is 4.98 Å². The van der Waals surface area contributed by atoms with E-state index in [0.29, 0.717) is 0 Å². The second kappa shape index (κ2) is 4.30. The molecule has 0 bridgehead atoms. The van der Waals surface area contributed by atoms with E-state index in [4.69, 9.17) is 0 Å². The van der Waals surface area contributed by atoms with E-state index in [9.17, 15) is 5.11 Å². The average molecular weight is 277 g/mol. The highest BCUT2D eigenvalue weighted by atomic mass is 32.1. The molecule has 0 radical (unpaired) electrons. The van der Waals surface area contributed by atoms with Crippen LogP contribution in [0.4, 0.5) is 0 Å². The van der Waals surface area contributed by atoms with E-state index >= 15 is 0 Å². The summed E-state index contributed by atoms with van der Waals surface area (Å²) >= 11 is 1.68. The van der Waals surface area contributed by atoms with Gasteiger partial charge in [-0.2, -0.15) is 0 Å². The summed E-state index contributed by atoms with van der Waals surface area (Å²) < 4.78 is 2.10. The molecule has 1 aliphatic heterocycles. The van der Waals surface area contributed by atoms with Crippen molar-refractivity contribution in [2.75, 3.05) is 6.54 Å². The second-order valence-electron chi connectivity index (χ2n) is 5.97. The van der Waals surface area contributed by atoms with Crippen molar-refractivity contribution in [2.45, 2.75) is 50.3 Å². The summed E-state index contributed by atoms with van der Waals surface area (Å²) in [4.78, 5) is 8.33. The highest BCUT2D eigenvalue weighted by Crippen LogP contribution is 2.44. The number of nitrogens with zero attached hydrogens (tertiary/aromatic N) is 3. The van der Waals surface area contributed by atoms with Crippen molar-refractivity contribution in [3.05, 3.63) is 23.5 Å². The van der Waals surface area contributed by atoms with Gasteiger partial charge in [0.2, 0.25) is 0 Å². The standard InChI is InChI=1S/C14H19N3OS/c18-12-2-5-17(14(8-12)3-1-4-14)10-11-9-16-6-7-19-13(16)15-11/h6-7,9,12,18H,1-5,8,10H2. The van der Waals surface area contributed by atoms with Crippen LogP contribution in [0.5, 0.6) is 0 Å². The summed E-state index contributed by atoms with van der Waals surface area (Å²) in [6, 6.07) is 0. The summed E-state index contributed by atoms with van der Waals surface area (Å²) in [7, 11) is 0. The van der Waals surface area contributed by atoms with E-state index in [2.05, 4.69) is 32.1 Å². The van der Waals surface area contributed by atoms with Crippen molar-refractivity contribution in [3.8, 4) is 0 Å². The minimum atomic E-state index is -0.0953. The van der Waals surface area contributed by atoms with Gasteiger partial charge in [-0.1, -0.05) is 0 Å². The molecule has 2 aromatic heterocycles. The molecule has 3 heterocycles. The first-order valence-corrected chi connectivity index (χ1v) is 7.97. The van der Waals surface area contributed by atoms with Gasteiger partial charge in [-0.3, -0.25) is 9.30 Å². The Balaban J connectivity index is 1.56. The van der Waals surface area contributed by atoms with Crippen LogP contribution in [0.1, 0.15) is 37.8 Å². The highest BCUT2D eigenvalue weighted by Gasteiger charge is 2.46. The van der Waals surface area contributed by atoms with E-state index in [1.807, 2.05) is 0 Å². The maximum Gasteiger partial charge on any atom is 0.193 e. The third-order valence-electron chi connectivity index (χ3n) is 4.80. The zero-order valence-electron chi connectivity index (χ0n) is 11.0. The lowest BCUT2D eigenvalue weighted by molar-refractivity contribution is -0.0706. The van der Waals surface area contributed by atoms with Crippen LogP contribution in [0.2, 0.25) is 0 Å². The summed E-state index contributed by atoms with van der Waals surface area (Å²) in [6.45, 7) is 1.94. The Hall–Kier alpha value is -0.910. The quantitative estimate of drug-likeness (QED) is 0.915. The third-order valence-corrected chi connectivity index (χ3v) is 5.57. The zero-order valence-corrected chi connectivity index (χ0v) is 11.8. The molecular weight excluding hydrogens is 258 g/mol. The van der Waals surface area contributed by atoms with Crippen LogP contribution < -0.4 is 0 Å². The lowest BCUT2D eigenvalue weighted by Crippen LogP contribution is -2.58. The summed E-state index contributed by atoms with van der Waals surface area (Å²) in [6.07, 6.45) is 9.76. The predicted molar refractivity (Wildman–Crippen MR) is 75.3 cm³/mol. The van der Waals surface area contributed by atoms with Gasteiger partial charge in [0.05, 0.1) is 11.8 Å². The number of likely N-dealkylation sites (tertiary alicyclic amines) is 1. The highest BCUT2D eigenvalue weighted by molar-refractivity contribution is 7.15. The Kier molecular flexibility index (Phi) is 2.69. The Bertz CT molecular complexity index is 558. The molecule has 1 spiro atoms. The van der Waals surface area contributed by atoms with Gasteiger partial charge in [0.25, 0.3) is 0 Å². The van der Waals surface area contributed by atoms with Gasteiger partial charge >= 0.3 is 0 Å². The van der Waals surface area contributed by atoms with Gasteiger partial charge in [-0.05, 0) is 32.1 Å². The maximum atomic E-state index is 9.93. The molecule has 1 saturated heterocycles. The lowest BCUT2D eigenvalue weighted by atomic mass is 9.69. The Morgan fingerprint density at radius 3 is 3.11 bits per heavy atom. The van der Waals surface area contributed by atoms with Gasteiger partial charge in [0, 0.05) is 36.4 Å². The van der Waals surface area contributed by atoms with Crippen LogP contribution in [0.25, 0.3) is 4.96 Å². The number of imidazole rings is 1. The van der Waals surface area contributed by atoms with Crippen LogP contribution in [0.15, 0.2) is 17.8 Å². The first-order valence-electron chi connectivity index (χ1n) is 7.09. The zero-order chi connectivity index (χ0) is 12.9. The molecule has 19 heavy (non-hydrogen) atoms. The van der Waals surface area contributed by atoms with E-state index in [0.717, 1.165) is 36.6 Å². The van der Waals surface area contributed by atoms with Crippen LogP contribution >= 0.6 is 11.3 Å². The minimum Gasteiger partial charge on any atom is -0.393 e. The molecule has 4 rings (SSSR count). The summed E-state index contributed by atoms with van der Waals surface area (Å²) in [5.74, 6) is 0. The molecule has 102 valence electrons. The molecule has 2 fully saturated rings. The van der Waals surface area contributed by atoms with E-state index in [1.54, 1.807) is 11.3 Å². The Labute approximate surface area is 116 Å². The van der Waals surface area contributed by atoms with E-state index < -0.39 is 0 Å². The van der Waals surface area contributed by atoms with Crippen molar-refractivity contribution in [1.82, 2.24) is 14.3 Å².